The van der Waals surface area contributed by atoms with E-state index in [1.807, 2.05) is 13.8 Å². The summed E-state index contributed by atoms with van der Waals surface area (Å²) in [6.45, 7) is 15.0. The Morgan fingerprint density at radius 2 is 0.985 bits per heavy atom. The quantitative estimate of drug-likeness (QED) is 0.0688. The Hall–Kier alpha value is -6.95. The van der Waals surface area contributed by atoms with E-state index in [1.54, 1.807) is 6.92 Å². The van der Waals surface area contributed by atoms with Crippen molar-refractivity contribution in [3.8, 4) is 142 Å². The number of rotatable bonds is 22. The summed E-state index contributed by atoms with van der Waals surface area (Å²) in [5.74, 6) is 59.4. The molecular weight excluding hydrogens is 823 g/mol. The molecule has 0 spiro atoms. The monoisotopic (exact) mass is 885 g/mol. The number of carbonyl (C=O) groups is 3. The van der Waals surface area contributed by atoms with E-state index < -0.39 is 30.3 Å². The Labute approximate surface area is 397 Å². The van der Waals surface area contributed by atoms with E-state index in [-0.39, 0.29) is 49.0 Å². The molecule has 8 heteroatoms. The van der Waals surface area contributed by atoms with Crippen LogP contribution in [0.25, 0.3) is 0 Å². The van der Waals surface area contributed by atoms with Crippen molar-refractivity contribution in [2.24, 2.45) is 23.7 Å². The first kappa shape index (κ1) is 57.1. The van der Waals surface area contributed by atoms with Crippen LogP contribution in [-0.4, -0.2) is 55.6 Å². The van der Waals surface area contributed by atoms with Gasteiger partial charge in [-0.25, -0.2) is 0 Å². The van der Waals surface area contributed by atoms with Gasteiger partial charge in [-0.05, 0) is 126 Å². The Balaban J connectivity index is 2.99. The molecule has 1 fully saturated rings. The van der Waals surface area contributed by atoms with Crippen molar-refractivity contribution in [2.75, 3.05) is 13.2 Å². The summed E-state index contributed by atoms with van der Waals surface area (Å²) < 4.78 is 23.9. The fourth-order valence-corrected chi connectivity index (χ4v) is 6.72. The van der Waals surface area contributed by atoms with Gasteiger partial charge in [0.2, 0.25) is 0 Å². The third-order valence-electron chi connectivity index (χ3n) is 10.6. The number of carbonyl (C=O) groups excluding carboxylic acids is 3. The average molecular weight is 886 g/mol. The maximum atomic E-state index is 13.2. The van der Waals surface area contributed by atoms with Gasteiger partial charge < -0.3 is 24.3 Å². The lowest BCUT2D eigenvalue weighted by molar-refractivity contribution is -0.259. The second-order valence-electron chi connectivity index (χ2n) is 15.7. The lowest BCUT2D eigenvalue weighted by Crippen LogP contribution is -2.53. The predicted octanol–water partition coefficient (Wildman–Crippen LogP) is 7.40. The van der Waals surface area contributed by atoms with Gasteiger partial charge >= 0.3 is 11.9 Å². The van der Waals surface area contributed by atoms with Crippen molar-refractivity contribution < 1.29 is 33.3 Å². The van der Waals surface area contributed by atoms with Crippen LogP contribution < -0.4 is 5.32 Å². The molecule has 342 valence electrons. The summed E-state index contributed by atoms with van der Waals surface area (Å²) in [5.41, 5.74) is 0. The van der Waals surface area contributed by atoms with Gasteiger partial charge in [0.05, 0.1) is 18.8 Å². The van der Waals surface area contributed by atoms with Gasteiger partial charge in [0.25, 0.3) is 5.91 Å². The van der Waals surface area contributed by atoms with Gasteiger partial charge in [0, 0.05) is 61.2 Å². The van der Waals surface area contributed by atoms with Crippen molar-refractivity contribution in [1.29, 1.82) is 0 Å². The predicted molar refractivity (Wildman–Crippen MR) is 260 cm³/mol. The highest BCUT2D eigenvalue weighted by Gasteiger charge is 2.41. The normalized spacial score (nSPS) is 17.0. The minimum atomic E-state index is -0.752. The van der Waals surface area contributed by atoms with Crippen LogP contribution in [0.1, 0.15) is 139 Å². The lowest BCUT2D eigenvalue weighted by Gasteiger charge is -2.43. The second-order valence-corrected chi connectivity index (χ2v) is 15.7. The van der Waals surface area contributed by atoms with Gasteiger partial charge in [0.15, 0.2) is 6.29 Å². The molecule has 1 N–H and O–H groups in total. The van der Waals surface area contributed by atoms with Crippen LogP contribution in [0.2, 0.25) is 0 Å². The van der Waals surface area contributed by atoms with Crippen LogP contribution in [0.4, 0.5) is 0 Å². The van der Waals surface area contributed by atoms with Crippen LogP contribution >= 0.6 is 0 Å². The average Bonchev–Trinajstić information content (AvgIpc) is 3.29. The molecule has 66 heavy (non-hydrogen) atoms. The first-order valence-electron chi connectivity index (χ1n) is 22.8. The molecule has 2 unspecified atom stereocenters. The molecule has 0 aliphatic carbocycles. The smallest absolute Gasteiger partial charge is 0.302 e. The number of amides is 1. The van der Waals surface area contributed by atoms with E-state index in [4.69, 9.17) is 18.9 Å². The Morgan fingerprint density at radius 3 is 1.41 bits per heavy atom. The van der Waals surface area contributed by atoms with Crippen molar-refractivity contribution in [1.82, 2.24) is 5.32 Å². The number of nitrogens with one attached hydrogen (secondary N) is 1. The number of esters is 2. The van der Waals surface area contributed by atoms with Crippen LogP contribution in [0.3, 0.4) is 0 Å². The molecule has 1 saturated heterocycles. The summed E-state index contributed by atoms with van der Waals surface area (Å²) >= 11 is 0. The van der Waals surface area contributed by atoms with Gasteiger partial charge in [-0.2, -0.15) is 0 Å². The first-order chi connectivity index (χ1) is 32.0. The standard InChI is InChI=1S/C58H63NO7/c1-9-11-13-15-17-19-21-23-24-25-26-27-28-29-30-31-32-33-35-37-39-41-43-45-56(62)59-54(46-64-58-51(6)49(4)50(5)55(66-58)47-63-52(7)60)57(65-53(8)61)48(3)44-42-40-38-36-34-22-20-18-16-14-12-10-2/h48-51,54-55,57-58H,10,12,14,16,18,20,22,34,36,38,40,42,44,46-47H2,1-8H3,(H,59,62)/t48-,49+,50-,51?,54+,55?,57-,58+/m1/s1. The zero-order valence-electron chi connectivity index (χ0n) is 40.1. The molecule has 0 bridgehead atoms. The summed E-state index contributed by atoms with van der Waals surface area (Å²) in [7, 11) is 0. The van der Waals surface area contributed by atoms with Crippen LogP contribution in [0, 0.1) is 166 Å². The minimum Gasteiger partial charge on any atom is -0.463 e. The minimum absolute atomic E-state index is 0.0139. The molecule has 1 amide bonds. The van der Waals surface area contributed by atoms with E-state index in [9.17, 15) is 14.4 Å². The van der Waals surface area contributed by atoms with E-state index in [0.29, 0.717) is 0 Å². The van der Waals surface area contributed by atoms with Crippen molar-refractivity contribution in [3.05, 3.63) is 0 Å². The van der Waals surface area contributed by atoms with Gasteiger partial charge in [0.1, 0.15) is 12.7 Å². The molecule has 8 atom stereocenters. The maximum Gasteiger partial charge on any atom is 0.302 e. The van der Waals surface area contributed by atoms with Crippen LogP contribution in [-0.2, 0) is 33.3 Å². The van der Waals surface area contributed by atoms with Crippen molar-refractivity contribution in [3.63, 3.8) is 0 Å². The molecule has 1 heterocycles. The van der Waals surface area contributed by atoms with E-state index >= 15 is 0 Å². The van der Waals surface area contributed by atoms with Gasteiger partial charge in [-0.1, -0.05) is 118 Å². The van der Waals surface area contributed by atoms with Gasteiger partial charge in [-0.15, -0.1) is 0 Å². The topological polar surface area (TPSA) is 100 Å². The Morgan fingerprint density at radius 1 is 0.561 bits per heavy atom. The highest BCUT2D eigenvalue weighted by atomic mass is 16.7. The number of hydrogen-bond donors (Lipinski definition) is 1. The fraction of sp³-hybridized carbons (Fsp3) is 0.534. The fourth-order valence-electron chi connectivity index (χ4n) is 6.72. The van der Waals surface area contributed by atoms with E-state index in [2.05, 4.69) is 168 Å². The van der Waals surface area contributed by atoms with E-state index in [0.717, 1.165) is 25.7 Å². The SMILES string of the molecule is CC#CC#CC#CC#CC#CC#CC#CC#CC#CC#CC#CC#CC(=O)N[C@@H](CO[C@H]1OC(COC(C)=O)[C@H](C)[C@H](C)C1C)[C@H](OC(C)=O)[C@H](C)CCCCCCCCCCCCCC. The molecule has 1 aliphatic heterocycles. The summed E-state index contributed by atoms with van der Waals surface area (Å²) in [5, 5.41) is 2.92. The first-order valence-corrected chi connectivity index (χ1v) is 22.8. The number of unbranched alkanes of at least 4 members (excludes halogenated alkanes) is 11. The highest BCUT2D eigenvalue weighted by Crippen LogP contribution is 2.36. The molecule has 0 saturated carbocycles. The summed E-state index contributed by atoms with van der Waals surface area (Å²) in [6, 6.07) is -0.752. The van der Waals surface area contributed by atoms with Gasteiger partial charge in [-0.3, -0.25) is 14.4 Å². The largest absolute Gasteiger partial charge is 0.463 e. The molecular formula is C58H63NO7. The van der Waals surface area contributed by atoms with Crippen LogP contribution in [0.15, 0.2) is 0 Å². The van der Waals surface area contributed by atoms with Crippen molar-refractivity contribution in [2.45, 2.75) is 163 Å². The van der Waals surface area contributed by atoms with Crippen molar-refractivity contribution >= 4 is 17.8 Å². The third-order valence-corrected chi connectivity index (χ3v) is 10.6. The molecule has 1 aliphatic rings. The third kappa shape index (κ3) is 29.4. The molecule has 8 nitrogen and oxygen atoms in total. The number of ether oxygens (including phenoxy) is 4. The van der Waals surface area contributed by atoms with E-state index in [1.165, 1.54) is 71.6 Å². The lowest BCUT2D eigenvalue weighted by atomic mass is 9.79. The molecule has 0 aromatic rings. The molecule has 0 aromatic carbocycles. The zero-order valence-corrected chi connectivity index (χ0v) is 40.1. The maximum absolute atomic E-state index is 13.2. The Kier molecular flexibility index (Phi) is 33.3. The summed E-state index contributed by atoms with van der Waals surface area (Å²) in [6.07, 6.45) is 13.9. The molecule has 1 rings (SSSR count). The highest BCUT2D eigenvalue weighted by molar-refractivity contribution is 5.94. The molecule has 0 radical (unpaired) electrons. The number of hydrogen-bond acceptors (Lipinski definition) is 7. The zero-order chi connectivity index (χ0) is 48.5. The summed E-state index contributed by atoms with van der Waals surface area (Å²) in [4.78, 5) is 37.3. The Bertz CT molecular complexity index is 2380. The molecule has 0 aromatic heterocycles. The second kappa shape index (κ2) is 38.5. The van der Waals surface area contributed by atoms with Crippen LogP contribution in [0.5, 0.6) is 0 Å².